The number of rotatable bonds is 3. The van der Waals surface area contributed by atoms with Crippen LogP contribution in [0.2, 0.25) is 5.28 Å². The van der Waals surface area contributed by atoms with E-state index in [9.17, 15) is 4.79 Å². The molecule has 1 saturated heterocycles. The molecule has 0 bridgehead atoms. The molecule has 1 fully saturated rings. The zero-order valence-corrected chi connectivity index (χ0v) is 13.6. The van der Waals surface area contributed by atoms with Gasteiger partial charge < -0.3 is 10.6 Å². The minimum absolute atomic E-state index is 0.245. The maximum atomic E-state index is 11.6. The molecule has 2 aromatic rings. The van der Waals surface area contributed by atoms with Crippen molar-refractivity contribution in [3.63, 3.8) is 0 Å². The Morgan fingerprint density at radius 2 is 2.33 bits per heavy atom. The average Bonchev–Trinajstić information content (AvgIpc) is 3.02. The van der Waals surface area contributed by atoms with E-state index in [-0.39, 0.29) is 11.2 Å². The highest BCUT2D eigenvalue weighted by Gasteiger charge is 2.40. The van der Waals surface area contributed by atoms with E-state index in [4.69, 9.17) is 17.3 Å². The minimum Gasteiger partial charge on any atom is -0.369 e. The Morgan fingerprint density at radius 3 is 2.95 bits per heavy atom. The first kappa shape index (κ1) is 14.5. The summed E-state index contributed by atoms with van der Waals surface area (Å²) in [5.41, 5.74) is 5.01. The van der Waals surface area contributed by atoms with Crippen LogP contribution in [0.15, 0.2) is 6.07 Å². The summed E-state index contributed by atoms with van der Waals surface area (Å²) in [5, 5.41) is 1.25. The smallest absolute Gasteiger partial charge is 0.225 e. The molecule has 3 rings (SSSR count). The zero-order chi connectivity index (χ0) is 15.2. The van der Waals surface area contributed by atoms with E-state index >= 15 is 0 Å². The molecule has 112 valence electrons. The number of fused-ring (bicyclic) bond motifs is 1. The van der Waals surface area contributed by atoms with E-state index in [0.717, 1.165) is 35.4 Å². The van der Waals surface area contributed by atoms with E-state index in [2.05, 4.69) is 27.9 Å². The number of amides is 1. The van der Waals surface area contributed by atoms with Crippen molar-refractivity contribution in [2.75, 3.05) is 18.0 Å². The van der Waals surface area contributed by atoms with Gasteiger partial charge in [0, 0.05) is 18.0 Å². The molecular weight excluding hydrogens is 308 g/mol. The number of aryl methyl sites for hydroxylation is 1. The average molecular weight is 325 g/mol. The van der Waals surface area contributed by atoms with Crippen LogP contribution in [0.3, 0.4) is 0 Å². The van der Waals surface area contributed by atoms with Gasteiger partial charge in [0.15, 0.2) is 0 Å². The number of hydrogen-bond acceptors (Lipinski definition) is 5. The monoisotopic (exact) mass is 324 g/mol. The fourth-order valence-electron chi connectivity index (χ4n) is 2.69. The lowest BCUT2D eigenvalue weighted by Crippen LogP contribution is -2.37. The van der Waals surface area contributed by atoms with Crippen LogP contribution < -0.4 is 10.6 Å². The normalized spacial score (nSPS) is 22.1. The molecule has 0 aliphatic carbocycles. The minimum atomic E-state index is -0.507. The Balaban J connectivity index is 2.04. The second kappa shape index (κ2) is 5.10. The Kier molecular flexibility index (Phi) is 3.53. The molecule has 1 aliphatic rings. The van der Waals surface area contributed by atoms with Gasteiger partial charge in [0.1, 0.15) is 10.6 Å². The number of nitrogens with zero attached hydrogens (tertiary/aromatic N) is 3. The van der Waals surface area contributed by atoms with Gasteiger partial charge in [-0.1, -0.05) is 6.92 Å². The second-order valence-electron chi connectivity index (χ2n) is 5.70. The van der Waals surface area contributed by atoms with Crippen LogP contribution in [0, 0.1) is 5.41 Å². The molecule has 2 aromatic heterocycles. The Hall–Kier alpha value is -1.40. The van der Waals surface area contributed by atoms with Crippen molar-refractivity contribution >= 4 is 44.9 Å². The van der Waals surface area contributed by atoms with Crippen LogP contribution in [0.1, 0.15) is 25.1 Å². The first-order chi connectivity index (χ1) is 9.93. The van der Waals surface area contributed by atoms with E-state index in [1.165, 1.54) is 4.88 Å². The molecule has 5 nitrogen and oxygen atoms in total. The van der Waals surface area contributed by atoms with E-state index in [1.54, 1.807) is 11.3 Å². The molecule has 1 atom stereocenters. The summed E-state index contributed by atoms with van der Waals surface area (Å²) in [6.07, 6.45) is 1.69. The molecular formula is C14H17ClN4OS. The highest BCUT2D eigenvalue weighted by atomic mass is 35.5. The molecule has 21 heavy (non-hydrogen) atoms. The summed E-state index contributed by atoms with van der Waals surface area (Å²) in [6.45, 7) is 5.33. The number of anilines is 1. The quantitative estimate of drug-likeness (QED) is 0.881. The number of halogens is 1. The third-order valence-corrected chi connectivity index (χ3v) is 5.45. The zero-order valence-electron chi connectivity index (χ0n) is 12.0. The number of carbonyl (C=O) groups excluding carboxylic acids is 1. The second-order valence-corrected chi connectivity index (χ2v) is 7.15. The summed E-state index contributed by atoms with van der Waals surface area (Å²) in [4.78, 5) is 24.6. The molecule has 0 saturated carbocycles. The Morgan fingerprint density at radius 1 is 1.57 bits per heavy atom. The fraction of sp³-hybridized carbons (Fsp3) is 0.500. The fourth-order valence-corrected chi connectivity index (χ4v) is 3.87. The summed E-state index contributed by atoms with van der Waals surface area (Å²) >= 11 is 7.69. The largest absolute Gasteiger partial charge is 0.369 e. The van der Waals surface area contributed by atoms with Crippen LogP contribution in [0.5, 0.6) is 0 Å². The van der Waals surface area contributed by atoms with Gasteiger partial charge in [-0.05, 0) is 37.4 Å². The van der Waals surface area contributed by atoms with E-state index < -0.39 is 5.41 Å². The maximum absolute atomic E-state index is 11.6. The van der Waals surface area contributed by atoms with E-state index in [1.807, 2.05) is 6.92 Å². The lowest BCUT2D eigenvalue weighted by atomic mass is 9.89. The van der Waals surface area contributed by atoms with Crippen LogP contribution in [-0.2, 0) is 11.2 Å². The van der Waals surface area contributed by atoms with Crippen LogP contribution in [0.25, 0.3) is 10.2 Å². The van der Waals surface area contributed by atoms with Gasteiger partial charge in [0.05, 0.1) is 10.8 Å². The molecule has 1 amide bonds. The predicted octanol–water partition coefficient (Wildman–Crippen LogP) is 2.61. The van der Waals surface area contributed by atoms with Crippen molar-refractivity contribution in [3.8, 4) is 0 Å². The highest BCUT2D eigenvalue weighted by molar-refractivity contribution is 7.18. The maximum Gasteiger partial charge on any atom is 0.225 e. The first-order valence-corrected chi connectivity index (χ1v) is 8.13. The molecule has 1 unspecified atom stereocenters. The molecule has 0 radical (unpaired) electrons. The van der Waals surface area contributed by atoms with Crippen LogP contribution in [-0.4, -0.2) is 29.0 Å². The van der Waals surface area contributed by atoms with Crippen molar-refractivity contribution in [2.24, 2.45) is 11.1 Å². The molecule has 3 heterocycles. The molecule has 2 N–H and O–H groups in total. The topological polar surface area (TPSA) is 72.1 Å². The van der Waals surface area contributed by atoms with Crippen LogP contribution in [0.4, 0.5) is 5.82 Å². The lowest BCUT2D eigenvalue weighted by Gasteiger charge is -2.22. The van der Waals surface area contributed by atoms with Gasteiger partial charge in [-0.2, -0.15) is 4.98 Å². The third-order valence-electron chi connectivity index (χ3n) is 4.11. The Bertz CT molecular complexity index is 716. The first-order valence-electron chi connectivity index (χ1n) is 6.94. The van der Waals surface area contributed by atoms with Gasteiger partial charge in [0.25, 0.3) is 0 Å². The number of carbonyl (C=O) groups is 1. The van der Waals surface area contributed by atoms with Gasteiger partial charge >= 0.3 is 0 Å². The van der Waals surface area contributed by atoms with E-state index in [0.29, 0.717) is 6.54 Å². The van der Waals surface area contributed by atoms with Gasteiger partial charge in [0.2, 0.25) is 11.2 Å². The number of hydrogen-bond donors (Lipinski definition) is 1. The molecule has 0 aromatic carbocycles. The number of thiophene rings is 1. The summed E-state index contributed by atoms with van der Waals surface area (Å²) in [7, 11) is 0. The van der Waals surface area contributed by atoms with Crippen molar-refractivity contribution in [1.29, 1.82) is 0 Å². The molecule has 7 heteroatoms. The highest BCUT2D eigenvalue weighted by Crippen LogP contribution is 2.37. The summed E-state index contributed by atoms with van der Waals surface area (Å²) < 4.78 is 0. The number of aromatic nitrogens is 2. The van der Waals surface area contributed by atoms with Crippen molar-refractivity contribution in [1.82, 2.24) is 9.97 Å². The number of nitrogens with two attached hydrogens (primary N) is 1. The standard InChI is InChI=1S/C14H17ClN4OS/c1-3-8-6-9-10(17-13(15)18-11(9)21-8)19-5-4-14(2,7-19)12(16)20/h6H,3-5,7H2,1-2H3,(H2,16,20). The summed E-state index contributed by atoms with van der Waals surface area (Å²) in [5.74, 6) is 0.548. The molecule has 0 spiro atoms. The third kappa shape index (κ3) is 2.46. The van der Waals surface area contributed by atoms with Gasteiger partial charge in [-0.15, -0.1) is 11.3 Å². The summed E-state index contributed by atoms with van der Waals surface area (Å²) in [6, 6.07) is 2.12. The lowest BCUT2D eigenvalue weighted by molar-refractivity contribution is -0.125. The molecule has 1 aliphatic heterocycles. The van der Waals surface area contributed by atoms with Crippen LogP contribution >= 0.6 is 22.9 Å². The Labute approximate surface area is 132 Å². The van der Waals surface area contributed by atoms with Crippen molar-refractivity contribution in [3.05, 3.63) is 16.2 Å². The number of primary amides is 1. The van der Waals surface area contributed by atoms with Crippen molar-refractivity contribution < 1.29 is 4.79 Å². The van der Waals surface area contributed by atoms with Gasteiger partial charge in [-0.25, -0.2) is 4.98 Å². The van der Waals surface area contributed by atoms with Gasteiger partial charge in [-0.3, -0.25) is 4.79 Å². The van der Waals surface area contributed by atoms with Crippen molar-refractivity contribution in [2.45, 2.75) is 26.7 Å². The predicted molar refractivity (Wildman–Crippen MR) is 85.9 cm³/mol. The SMILES string of the molecule is CCc1cc2c(N3CCC(C)(C(N)=O)C3)nc(Cl)nc2s1.